The van der Waals surface area contributed by atoms with Crippen molar-refractivity contribution in [1.29, 1.82) is 0 Å². The maximum absolute atomic E-state index is 5.36. The second-order valence-corrected chi connectivity index (χ2v) is 4.70. The molecule has 6 heteroatoms. The predicted molar refractivity (Wildman–Crippen MR) is 90.3 cm³/mol. The lowest BCUT2D eigenvalue weighted by Crippen LogP contribution is -1.98. The average molecular weight is 308 g/mol. The average Bonchev–Trinajstić information content (AvgIpc) is 2.61. The monoisotopic (exact) mass is 308 g/mol. The minimum absolute atomic E-state index is 0.571. The summed E-state index contributed by atoms with van der Waals surface area (Å²) in [4.78, 5) is 8.76. The van der Waals surface area contributed by atoms with E-state index in [-0.39, 0.29) is 0 Å². The van der Waals surface area contributed by atoms with Crippen LogP contribution in [-0.4, -0.2) is 30.4 Å². The van der Waals surface area contributed by atoms with Gasteiger partial charge in [-0.15, -0.1) is 0 Å². The van der Waals surface area contributed by atoms with Crippen molar-refractivity contribution in [2.24, 2.45) is 5.10 Å². The highest BCUT2D eigenvalue weighted by atomic mass is 16.5. The van der Waals surface area contributed by atoms with E-state index in [9.17, 15) is 0 Å². The van der Waals surface area contributed by atoms with Gasteiger partial charge in [-0.05, 0) is 24.3 Å². The topological polar surface area (TPSA) is 68.6 Å². The Morgan fingerprint density at radius 3 is 2.61 bits per heavy atom. The maximum Gasteiger partial charge on any atom is 0.169 e. The molecule has 1 aromatic heterocycles. The first-order valence-electron chi connectivity index (χ1n) is 7.03. The lowest BCUT2D eigenvalue weighted by atomic mass is 10.2. The van der Waals surface area contributed by atoms with Crippen molar-refractivity contribution in [3.63, 3.8) is 0 Å². The number of methoxy groups -OCH3 is 2. The molecule has 3 aromatic rings. The summed E-state index contributed by atoms with van der Waals surface area (Å²) in [5, 5.41) is 4.19. The molecule has 0 fully saturated rings. The van der Waals surface area contributed by atoms with Crippen LogP contribution in [0.25, 0.3) is 11.0 Å². The van der Waals surface area contributed by atoms with Crippen LogP contribution in [0.15, 0.2) is 53.8 Å². The Balaban J connectivity index is 1.80. The fourth-order valence-electron chi connectivity index (χ4n) is 2.19. The van der Waals surface area contributed by atoms with Crippen molar-refractivity contribution >= 4 is 23.1 Å². The van der Waals surface area contributed by atoms with Crippen LogP contribution >= 0.6 is 0 Å². The molecule has 0 saturated carbocycles. The third-order valence-corrected chi connectivity index (χ3v) is 3.26. The van der Waals surface area contributed by atoms with Crippen molar-refractivity contribution in [1.82, 2.24) is 9.97 Å². The molecule has 116 valence electrons. The molecule has 23 heavy (non-hydrogen) atoms. The fourth-order valence-corrected chi connectivity index (χ4v) is 2.19. The number of para-hydroxylation sites is 3. The zero-order valence-electron chi connectivity index (χ0n) is 12.9. The Bertz CT molecular complexity index is 849. The second kappa shape index (κ2) is 6.74. The number of hydrazone groups is 1. The van der Waals surface area contributed by atoms with Crippen LogP contribution in [0.1, 0.15) is 5.56 Å². The van der Waals surface area contributed by atoms with E-state index in [2.05, 4.69) is 20.5 Å². The molecule has 0 amide bonds. The van der Waals surface area contributed by atoms with Gasteiger partial charge in [-0.3, -0.25) is 10.4 Å². The lowest BCUT2D eigenvalue weighted by Gasteiger charge is -2.09. The summed E-state index contributed by atoms with van der Waals surface area (Å²) in [7, 11) is 3.19. The van der Waals surface area contributed by atoms with E-state index in [0.29, 0.717) is 17.3 Å². The summed E-state index contributed by atoms with van der Waals surface area (Å²) >= 11 is 0. The highest BCUT2D eigenvalue weighted by molar-refractivity contribution is 5.85. The van der Waals surface area contributed by atoms with Gasteiger partial charge in [0, 0.05) is 5.56 Å². The van der Waals surface area contributed by atoms with Gasteiger partial charge in [0.25, 0.3) is 0 Å². The van der Waals surface area contributed by atoms with E-state index in [1.165, 1.54) is 0 Å². The SMILES string of the molecule is COc1cccc(/C=N/Nc2cnc3ccccc3n2)c1OC. The lowest BCUT2D eigenvalue weighted by molar-refractivity contribution is 0.354. The van der Waals surface area contributed by atoms with E-state index in [1.54, 1.807) is 26.6 Å². The zero-order chi connectivity index (χ0) is 16.1. The first-order valence-corrected chi connectivity index (χ1v) is 7.03. The van der Waals surface area contributed by atoms with Crippen LogP contribution in [0.2, 0.25) is 0 Å². The smallest absolute Gasteiger partial charge is 0.169 e. The highest BCUT2D eigenvalue weighted by Crippen LogP contribution is 2.29. The third kappa shape index (κ3) is 3.21. The molecule has 1 heterocycles. The largest absolute Gasteiger partial charge is 0.493 e. The number of aromatic nitrogens is 2. The molecule has 0 aliphatic heterocycles. The van der Waals surface area contributed by atoms with Gasteiger partial charge in [-0.25, -0.2) is 4.98 Å². The summed E-state index contributed by atoms with van der Waals surface area (Å²) in [5.41, 5.74) is 5.33. The van der Waals surface area contributed by atoms with Crippen molar-refractivity contribution in [3.05, 3.63) is 54.2 Å². The van der Waals surface area contributed by atoms with Crippen molar-refractivity contribution in [2.75, 3.05) is 19.6 Å². The first-order chi connectivity index (χ1) is 11.3. The number of rotatable bonds is 5. The summed E-state index contributed by atoms with van der Waals surface area (Å²) in [6.07, 6.45) is 3.29. The minimum Gasteiger partial charge on any atom is -0.493 e. The van der Waals surface area contributed by atoms with Gasteiger partial charge in [-0.2, -0.15) is 5.10 Å². The molecule has 0 radical (unpaired) electrons. The van der Waals surface area contributed by atoms with Crippen molar-refractivity contribution < 1.29 is 9.47 Å². The van der Waals surface area contributed by atoms with E-state index in [4.69, 9.17) is 9.47 Å². The Kier molecular flexibility index (Phi) is 4.33. The molecule has 0 bridgehead atoms. The van der Waals surface area contributed by atoms with Gasteiger partial charge in [-0.1, -0.05) is 18.2 Å². The van der Waals surface area contributed by atoms with Crippen molar-refractivity contribution in [3.8, 4) is 11.5 Å². The Morgan fingerprint density at radius 1 is 1.00 bits per heavy atom. The summed E-state index contributed by atoms with van der Waals surface area (Å²) in [6, 6.07) is 13.3. The standard InChI is InChI=1S/C17H16N4O2/c1-22-15-9-5-6-12(17(15)23-2)10-19-21-16-11-18-13-7-3-4-8-14(13)20-16/h3-11H,1-2H3,(H,20,21)/b19-10+. The molecule has 0 aliphatic rings. The van der Waals surface area contributed by atoms with Crippen LogP contribution < -0.4 is 14.9 Å². The summed E-state index contributed by atoms with van der Waals surface area (Å²) in [6.45, 7) is 0. The molecule has 2 aromatic carbocycles. The number of hydrogen-bond acceptors (Lipinski definition) is 6. The number of fused-ring (bicyclic) bond motifs is 1. The Labute approximate surface area is 133 Å². The van der Waals surface area contributed by atoms with Gasteiger partial charge in [0.15, 0.2) is 17.3 Å². The molecule has 6 nitrogen and oxygen atoms in total. The molecule has 0 unspecified atom stereocenters. The summed E-state index contributed by atoms with van der Waals surface area (Å²) < 4.78 is 10.6. The number of ether oxygens (including phenoxy) is 2. The molecule has 1 N–H and O–H groups in total. The number of benzene rings is 2. The van der Waals surface area contributed by atoms with Gasteiger partial charge < -0.3 is 9.47 Å². The maximum atomic E-state index is 5.36. The number of hydrogen-bond donors (Lipinski definition) is 1. The number of nitrogens with zero attached hydrogens (tertiary/aromatic N) is 3. The van der Waals surface area contributed by atoms with Gasteiger partial charge >= 0.3 is 0 Å². The highest BCUT2D eigenvalue weighted by Gasteiger charge is 2.07. The molecular formula is C17H16N4O2. The molecule has 0 saturated heterocycles. The van der Waals surface area contributed by atoms with Gasteiger partial charge in [0.1, 0.15) is 0 Å². The second-order valence-electron chi connectivity index (χ2n) is 4.70. The fraction of sp³-hybridized carbons (Fsp3) is 0.118. The molecule has 0 spiro atoms. The van der Waals surface area contributed by atoms with Crippen LogP contribution in [0.5, 0.6) is 11.5 Å². The molecule has 0 aliphatic carbocycles. The quantitative estimate of drug-likeness (QED) is 0.579. The molecular weight excluding hydrogens is 292 g/mol. The first kappa shape index (κ1) is 14.8. The van der Waals surface area contributed by atoms with Crippen LogP contribution in [0.4, 0.5) is 5.82 Å². The normalized spacial score (nSPS) is 10.9. The zero-order valence-corrected chi connectivity index (χ0v) is 12.9. The van der Waals surface area contributed by atoms with Gasteiger partial charge in [0.2, 0.25) is 0 Å². The van der Waals surface area contributed by atoms with E-state index in [1.807, 2.05) is 42.5 Å². The van der Waals surface area contributed by atoms with Crippen LogP contribution in [-0.2, 0) is 0 Å². The molecule has 0 atom stereocenters. The van der Waals surface area contributed by atoms with Crippen LogP contribution in [0, 0.1) is 0 Å². The van der Waals surface area contributed by atoms with Crippen LogP contribution in [0.3, 0.4) is 0 Å². The van der Waals surface area contributed by atoms with Crippen molar-refractivity contribution in [2.45, 2.75) is 0 Å². The Morgan fingerprint density at radius 2 is 1.83 bits per heavy atom. The van der Waals surface area contributed by atoms with E-state index < -0.39 is 0 Å². The van der Waals surface area contributed by atoms with Gasteiger partial charge in [0.05, 0.1) is 37.7 Å². The summed E-state index contributed by atoms with van der Waals surface area (Å²) in [5.74, 6) is 1.86. The number of nitrogens with one attached hydrogen (secondary N) is 1. The third-order valence-electron chi connectivity index (χ3n) is 3.26. The van der Waals surface area contributed by atoms with E-state index >= 15 is 0 Å². The molecule has 3 rings (SSSR count). The predicted octanol–water partition coefficient (Wildman–Crippen LogP) is 3.09. The number of anilines is 1. The van der Waals surface area contributed by atoms with E-state index in [0.717, 1.165) is 16.6 Å². The Hall–Kier alpha value is -3.15. The minimum atomic E-state index is 0.571.